The van der Waals surface area contributed by atoms with Crippen LogP contribution in [0.5, 0.6) is 5.75 Å². The molecule has 0 aromatic heterocycles. The average Bonchev–Trinajstić information content (AvgIpc) is 3.75. The first-order valence-electron chi connectivity index (χ1n) is 12.7. The molecule has 1 amide bonds. The van der Waals surface area contributed by atoms with Gasteiger partial charge in [0.05, 0.1) is 24.5 Å². The van der Waals surface area contributed by atoms with Crippen LogP contribution >= 0.6 is 0 Å². The number of hydrogen-bond acceptors (Lipinski definition) is 4. The van der Waals surface area contributed by atoms with Crippen LogP contribution in [-0.2, 0) is 9.59 Å². The highest BCUT2D eigenvalue weighted by Gasteiger charge is 2.45. The van der Waals surface area contributed by atoms with Gasteiger partial charge in [0, 0.05) is 23.6 Å². The molecular weight excluding hydrogens is 448 g/mol. The number of allylic oxidation sites excluding steroid dienone is 1. The second-order valence-corrected chi connectivity index (χ2v) is 10.1. The number of ketones is 1. The Morgan fingerprint density at radius 3 is 2.47 bits per heavy atom. The molecule has 1 aliphatic heterocycles. The average molecular weight is 479 g/mol. The third kappa shape index (κ3) is 3.98. The minimum absolute atomic E-state index is 0.00677. The van der Waals surface area contributed by atoms with Crippen molar-refractivity contribution >= 4 is 23.1 Å². The maximum absolute atomic E-state index is 14.0. The summed E-state index contributed by atoms with van der Waals surface area (Å²) in [7, 11) is 1.64. The zero-order chi connectivity index (χ0) is 24.8. The van der Waals surface area contributed by atoms with Crippen LogP contribution in [0, 0.1) is 12.8 Å². The van der Waals surface area contributed by atoms with Gasteiger partial charge in [-0.2, -0.15) is 0 Å². The minimum Gasteiger partial charge on any atom is -0.497 e. The summed E-state index contributed by atoms with van der Waals surface area (Å²) in [6.07, 6.45) is 2.92. The molecule has 1 saturated carbocycles. The summed E-state index contributed by atoms with van der Waals surface area (Å²) in [6.45, 7) is 2.07. The van der Waals surface area contributed by atoms with Crippen molar-refractivity contribution in [2.45, 2.75) is 44.6 Å². The lowest BCUT2D eigenvalue weighted by atomic mass is 9.78. The Hall–Kier alpha value is -3.86. The molecule has 182 valence electrons. The Balaban J connectivity index is 1.54. The summed E-state index contributed by atoms with van der Waals surface area (Å²) in [4.78, 5) is 29.7. The van der Waals surface area contributed by atoms with E-state index in [4.69, 9.17) is 4.74 Å². The second-order valence-electron chi connectivity index (χ2n) is 10.1. The quantitative estimate of drug-likeness (QED) is 0.477. The molecule has 2 aliphatic carbocycles. The Morgan fingerprint density at radius 1 is 0.944 bits per heavy atom. The number of fused-ring (bicyclic) bond motifs is 1. The van der Waals surface area contributed by atoms with Crippen molar-refractivity contribution in [3.63, 3.8) is 0 Å². The van der Waals surface area contributed by atoms with Gasteiger partial charge in [0.1, 0.15) is 5.75 Å². The highest BCUT2D eigenvalue weighted by molar-refractivity contribution is 6.07. The Bertz CT molecular complexity index is 1370. The van der Waals surface area contributed by atoms with E-state index in [0.29, 0.717) is 24.2 Å². The van der Waals surface area contributed by atoms with Crippen LogP contribution in [0.25, 0.3) is 0 Å². The highest BCUT2D eigenvalue weighted by Crippen LogP contribution is 2.49. The molecule has 5 heteroatoms. The maximum atomic E-state index is 14.0. The molecule has 3 aromatic rings. The first kappa shape index (κ1) is 22.6. The SMILES string of the molecule is COc1cccc([C@H]2C3=C(C[C@H](c4ccc(C)cc4)CC3=O)Nc3ccccc3N2C(=O)C2CC2)c1. The molecule has 0 radical (unpaired) electrons. The van der Waals surface area contributed by atoms with E-state index in [1.165, 1.54) is 11.1 Å². The van der Waals surface area contributed by atoms with Gasteiger partial charge in [0.25, 0.3) is 0 Å². The number of methoxy groups -OCH3 is 1. The van der Waals surface area contributed by atoms with Gasteiger partial charge < -0.3 is 10.1 Å². The summed E-state index contributed by atoms with van der Waals surface area (Å²) in [5.41, 5.74) is 6.54. The number of anilines is 2. The van der Waals surface area contributed by atoms with Crippen LogP contribution < -0.4 is 15.0 Å². The molecule has 6 rings (SSSR count). The number of rotatable bonds is 4. The van der Waals surface area contributed by atoms with E-state index in [2.05, 4.69) is 36.5 Å². The molecule has 3 aliphatic rings. The van der Waals surface area contributed by atoms with Crippen LogP contribution in [-0.4, -0.2) is 18.8 Å². The van der Waals surface area contributed by atoms with Crippen molar-refractivity contribution in [3.05, 3.63) is 101 Å². The fraction of sp³-hybridized carbons (Fsp3) is 0.290. The van der Waals surface area contributed by atoms with Crippen LogP contribution in [0.4, 0.5) is 11.4 Å². The lowest BCUT2D eigenvalue weighted by Gasteiger charge is -2.35. The van der Waals surface area contributed by atoms with E-state index < -0.39 is 6.04 Å². The predicted molar refractivity (Wildman–Crippen MR) is 141 cm³/mol. The molecular formula is C31H30N2O3. The predicted octanol–water partition coefficient (Wildman–Crippen LogP) is 6.31. The molecule has 5 nitrogen and oxygen atoms in total. The molecule has 1 N–H and O–H groups in total. The number of para-hydroxylation sites is 2. The molecule has 1 heterocycles. The van der Waals surface area contributed by atoms with E-state index in [1.807, 2.05) is 53.4 Å². The van der Waals surface area contributed by atoms with Crippen LogP contribution in [0.2, 0.25) is 0 Å². The van der Waals surface area contributed by atoms with E-state index in [9.17, 15) is 9.59 Å². The van der Waals surface area contributed by atoms with Gasteiger partial charge in [0.2, 0.25) is 5.91 Å². The molecule has 36 heavy (non-hydrogen) atoms. The van der Waals surface area contributed by atoms with Crippen molar-refractivity contribution in [2.75, 3.05) is 17.3 Å². The van der Waals surface area contributed by atoms with Crippen molar-refractivity contribution in [1.29, 1.82) is 0 Å². The number of ether oxygens (including phenoxy) is 1. The highest BCUT2D eigenvalue weighted by atomic mass is 16.5. The van der Waals surface area contributed by atoms with Gasteiger partial charge in [-0.15, -0.1) is 0 Å². The van der Waals surface area contributed by atoms with E-state index in [1.54, 1.807) is 7.11 Å². The van der Waals surface area contributed by atoms with Crippen LogP contribution in [0.1, 0.15) is 54.3 Å². The van der Waals surface area contributed by atoms with E-state index in [0.717, 1.165) is 35.5 Å². The lowest BCUT2D eigenvalue weighted by Crippen LogP contribution is -2.39. The first-order chi connectivity index (χ1) is 17.5. The summed E-state index contributed by atoms with van der Waals surface area (Å²) in [6, 6.07) is 23.7. The van der Waals surface area contributed by atoms with E-state index >= 15 is 0 Å². The lowest BCUT2D eigenvalue weighted by molar-refractivity contribution is -0.120. The summed E-state index contributed by atoms with van der Waals surface area (Å²) < 4.78 is 5.53. The van der Waals surface area contributed by atoms with Gasteiger partial charge >= 0.3 is 0 Å². The van der Waals surface area contributed by atoms with Gasteiger partial charge in [-0.3, -0.25) is 14.5 Å². The number of nitrogens with zero attached hydrogens (tertiary/aromatic N) is 1. The summed E-state index contributed by atoms with van der Waals surface area (Å²) >= 11 is 0. The summed E-state index contributed by atoms with van der Waals surface area (Å²) in [5, 5.41) is 3.61. The number of amides is 1. The van der Waals surface area contributed by atoms with Crippen LogP contribution in [0.3, 0.4) is 0 Å². The fourth-order valence-electron chi connectivity index (χ4n) is 5.56. The minimum atomic E-state index is -0.509. The third-order valence-electron chi connectivity index (χ3n) is 7.61. The zero-order valence-corrected chi connectivity index (χ0v) is 20.7. The molecule has 0 bridgehead atoms. The first-order valence-corrected chi connectivity index (χ1v) is 12.7. The fourth-order valence-corrected chi connectivity index (χ4v) is 5.56. The second kappa shape index (κ2) is 8.98. The Morgan fingerprint density at radius 2 is 1.72 bits per heavy atom. The number of aryl methyl sites for hydroxylation is 1. The Kier molecular flexibility index (Phi) is 5.63. The standard InChI is InChI=1S/C31H30N2O3/c1-19-10-12-20(13-11-19)23-17-26-29(28(34)18-23)30(22-6-5-7-24(16-22)36-2)33(31(35)21-14-15-21)27-9-4-3-8-25(27)32-26/h3-13,16,21,23,30,32H,14-15,17-18H2,1-2H3/t23-,30-/m0/s1. The van der Waals surface area contributed by atoms with Gasteiger partial charge in [0.15, 0.2) is 5.78 Å². The summed E-state index contributed by atoms with van der Waals surface area (Å²) in [5.74, 6) is 0.975. The van der Waals surface area contributed by atoms with Crippen molar-refractivity contribution in [2.24, 2.45) is 5.92 Å². The number of hydrogen-bond donors (Lipinski definition) is 1. The van der Waals surface area contributed by atoms with Crippen molar-refractivity contribution in [3.8, 4) is 5.75 Å². The van der Waals surface area contributed by atoms with Crippen LogP contribution in [0.15, 0.2) is 84.1 Å². The molecule has 0 spiro atoms. The monoisotopic (exact) mass is 478 g/mol. The number of carbonyl (C=O) groups excluding carboxylic acids is 2. The number of carbonyl (C=O) groups is 2. The van der Waals surface area contributed by atoms with Gasteiger partial charge in [-0.1, -0.05) is 54.1 Å². The number of Topliss-reactive ketones (excluding diaryl/α,β-unsaturated/α-hetero) is 1. The van der Waals surface area contributed by atoms with Gasteiger partial charge in [-0.05, 0) is 67.5 Å². The van der Waals surface area contributed by atoms with Crippen molar-refractivity contribution < 1.29 is 14.3 Å². The normalized spacial score (nSPS) is 21.3. The smallest absolute Gasteiger partial charge is 0.231 e. The molecule has 3 aromatic carbocycles. The van der Waals surface area contributed by atoms with Gasteiger partial charge in [-0.25, -0.2) is 0 Å². The van der Waals surface area contributed by atoms with E-state index in [-0.39, 0.29) is 23.5 Å². The topological polar surface area (TPSA) is 58.6 Å². The maximum Gasteiger partial charge on any atom is 0.231 e. The molecule has 0 unspecified atom stereocenters. The largest absolute Gasteiger partial charge is 0.497 e. The Labute approximate surface area is 211 Å². The third-order valence-corrected chi connectivity index (χ3v) is 7.61. The molecule has 1 fully saturated rings. The number of benzene rings is 3. The molecule has 0 saturated heterocycles. The zero-order valence-electron chi connectivity index (χ0n) is 20.7. The number of nitrogens with one attached hydrogen (secondary N) is 1. The van der Waals surface area contributed by atoms with Crippen molar-refractivity contribution in [1.82, 2.24) is 0 Å². The molecule has 2 atom stereocenters.